The van der Waals surface area contributed by atoms with Crippen LogP contribution in [0.3, 0.4) is 0 Å². The summed E-state index contributed by atoms with van der Waals surface area (Å²) in [6.45, 7) is 2.52. The van der Waals surface area contributed by atoms with Crippen LogP contribution in [0.2, 0.25) is 6.04 Å². The summed E-state index contributed by atoms with van der Waals surface area (Å²) in [5.41, 5.74) is 2.51. The molecule has 0 aromatic rings. The molecule has 0 amide bonds. The molecule has 0 saturated heterocycles. The van der Waals surface area contributed by atoms with Crippen LogP contribution in [0.4, 0.5) is 0 Å². The molecule has 0 heterocycles. The van der Waals surface area contributed by atoms with E-state index < -0.39 is 0 Å². The van der Waals surface area contributed by atoms with Crippen molar-refractivity contribution in [1.82, 2.24) is 0 Å². The van der Waals surface area contributed by atoms with Crippen molar-refractivity contribution < 1.29 is 8.99 Å². The van der Waals surface area contributed by atoms with Gasteiger partial charge in [0.05, 0.1) is 0 Å². The standard InChI is InChI=1S/C4H9O2PSi/c1-2-8-6-3-4-7-5/h2-3,8H2,1H3. The Balaban J connectivity index is 2.90. The maximum absolute atomic E-state index is 9.69. The van der Waals surface area contributed by atoms with Crippen molar-refractivity contribution >= 4 is 17.7 Å². The van der Waals surface area contributed by atoms with Crippen molar-refractivity contribution in [3.63, 3.8) is 0 Å². The van der Waals surface area contributed by atoms with Crippen LogP contribution < -0.4 is 0 Å². The van der Waals surface area contributed by atoms with Gasteiger partial charge in [-0.2, -0.15) is 0 Å². The molecule has 8 heavy (non-hydrogen) atoms. The Morgan fingerprint density at radius 2 is 2.62 bits per heavy atom. The van der Waals surface area contributed by atoms with Crippen molar-refractivity contribution in [1.29, 1.82) is 0 Å². The Morgan fingerprint density at radius 1 is 1.88 bits per heavy atom. The quantitative estimate of drug-likeness (QED) is 0.336. The molecule has 0 aliphatic carbocycles. The van der Waals surface area contributed by atoms with Gasteiger partial charge in [0.1, 0.15) is 0 Å². The van der Waals surface area contributed by atoms with E-state index in [0.29, 0.717) is 6.61 Å². The van der Waals surface area contributed by atoms with E-state index in [2.05, 4.69) is 12.6 Å². The SMILES string of the molecule is CC[SiH2]OCC#P=O. The van der Waals surface area contributed by atoms with E-state index in [-0.39, 0.29) is 17.7 Å². The molecular formula is C4H9O2PSi. The van der Waals surface area contributed by atoms with Gasteiger partial charge in [0.25, 0.3) is 0 Å². The van der Waals surface area contributed by atoms with Gasteiger partial charge in [0.15, 0.2) is 0 Å². The van der Waals surface area contributed by atoms with Crippen LogP contribution in [0.5, 0.6) is 0 Å². The van der Waals surface area contributed by atoms with Crippen LogP contribution in [0.15, 0.2) is 0 Å². The molecule has 0 N–H and O–H groups in total. The van der Waals surface area contributed by atoms with E-state index in [1.165, 1.54) is 0 Å². The van der Waals surface area contributed by atoms with Gasteiger partial charge in [-0.1, -0.05) is 0 Å². The second kappa shape index (κ2) is 7.19. The molecular weight excluding hydrogens is 139 g/mol. The predicted molar refractivity (Wildman–Crippen MR) is 36.5 cm³/mol. The summed E-state index contributed by atoms with van der Waals surface area (Å²) in [6, 6.07) is 1.14. The summed E-state index contributed by atoms with van der Waals surface area (Å²) in [7, 11) is -0.347. The van der Waals surface area contributed by atoms with Crippen molar-refractivity contribution in [2.24, 2.45) is 0 Å². The normalized spacial score (nSPS) is 9.62. The van der Waals surface area contributed by atoms with Crippen molar-refractivity contribution in [3.05, 3.63) is 0 Å². The summed E-state index contributed by atoms with van der Waals surface area (Å²) < 4.78 is 14.7. The molecule has 0 fully saturated rings. The van der Waals surface area contributed by atoms with Crippen LogP contribution in [-0.4, -0.2) is 16.4 Å². The van der Waals surface area contributed by atoms with E-state index in [1.807, 2.05) is 0 Å². The van der Waals surface area contributed by atoms with Crippen LogP contribution in [0.1, 0.15) is 6.92 Å². The van der Waals surface area contributed by atoms with Gasteiger partial charge in [-0.25, -0.2) is 0 Å². The fraction of sp³-hybridized carbons (Fsp3) is 0.750. The zero-order valence-corrected chi connectivity index (χ0v) is 7.19. The molecule has 0 radical (unpaired) electrons. The Bertz CT molecular complexity index is 128. The maximum atomic E-state index is 9.69. The Hall–Kier alpha value is 0.187. The first-order valence-electron chi connectivity index (χ1n) is 2.54. The Kier molecular flexibility index (Phi) is 7.35. The molecule has 0 aromatic heterocycles. The molecule has 0 unspecified atom stereocenters. The van der Waals surface area contributed by atoms with E-state index in [4.69, 9.17) is 4.43 Å². The average Bonchev–Trinajstić information content (AvgIpc) is 1.81. The molecule has 0 aromatic carbocycles. The second-order valence-electron chi connectivity index (χ2n) is 1.30. The molecule has 0 rings (SSSR count). The topological polar surface area (TPSA) is 26.3 Å². The molecule has 46 valence electrons. The van der Waals surface area contributed by atoms with Gasteiger partial charge in [-0.3, -0.25) is 0 Å². The van der Waals surface area contributed by atoms with Gasteiger partial charge in [0, 0.05) is 0 Å². The van der Waals surface area contributed by atoms with Gasteiger partial charge < -0.3 is 0 Å². The van der Waals surface area contributed by atoms with Gasteiger partial charge in [-0.15, -0.1) is 0 Å². The van der Waals surface area contributed by atoms with E-state index >= 15 is 0 Å². The fourth-order valence-corrected chi connectivity index (χ4v) is 1.14. The predicted octanol–water partition coefficient (Wildman–Crippen LogP) is 0.776. The van der Waals surface area contributed by atoms with Gasteiger partial charge in [0.2, 0.25) is 0 Å². The first-order valence-corrected chi connectivity index (χ1v) is 4.93. The van der Waals surface area contributed by atoms with Crippen LogP contribution in [0, 0.1) is 5.63 Å². The van der Waals surface area contributed by atoms with Gasteiger partial charge >= 0.3 is 51.9 Å². The van der Waals surface area contributed by atoms with E-state index in [0.717, 1.165) is 6.04 Å². The first kappa shape index (κ1) is 8.19. The third-order valence-corrected chi connectivity index (χ3v) is 1.74. The van der Waals surface area contributed by atoms with Crippen LogP contribution >= 0.6 is 7.92 Å². The molecule has 0 aliphatic rings. The molecule has 0 bridgehead atoms. The zero-order chi connectivity index (χ0) is 6.24. The van der Waals surface area contributed by atoms with E-state index in [1.54, 1.807) is 0 Å². The second-order valence-corrected chi connectivity index (χ2v) is 3.62. The fourth-order valence-electron chi connectivity index (χ4n) is 0.289. The van der Waals surface area contributed by atoms with Crippen LogP contribution in [0.25, 0.3) is 0 Å². The first-order chi connectivity index (χ1) is 3.91. The summed E-state index contributed by atoms with van der Waals surface area (Å²) >= 11 is 0. The van der Waals surface area contributed by atoms with E-state index in [9.17, 15) is 4.57 Å². The van der Waals surface area contributed by atoms with Gasteiger partial charge in [-0.05, 0) is 0 Å². The Morgan fingerprint density at radius 3 is 3.12 bits per heavy atom. The summed E-state index contributed by atoms with van der Waals surface area (Å²) in [5.74, 6) is 0. The Labute approximate surface area is 52.7 Å². The number of rotatable bonds is 3. The summed E-state index contributed by atoms with van der Waals surface area (Å²) in [6.07, 6.45) is 0. The molecule has 4 heteroatoms. The number of hydrogen-bond acceptors (Lipinski definition) is 2. The third-order valence-electron chi connectivity index (χ3n) is 0.580. The molecule has 0 saturated carbocycles. The summed E-state index contributed by atoms with van der Waals surface area (Å²) in [5, 5.41) is 0. The monoisotopic (exact) mass is 148 g/mol. The molecule has 2 nitrogen and oxygen atoms in total. The minimum atomic E-state index is -0.304. The third kappa shape index (κ3) is 6.19. The zero-order valence-electron chi connectivity index (χ0n) is 4.89. The molecule has 0 atom stereocenters. The number of hydrogen-bond donors (Lipinski definition) is 0. The summed E-state index contributed by atoms with van der Waals surface area (Å²) in [4.78, 5) is 0. The van der Waals surface area contributed by atoms with Crippen molar-refractivity contribution in [2.75, 3.05) is 6.61 Å². The van der Waals surface area contributed by atoms with Crippen molar-refractivity contribution in [3.8, 4) is 5.63 Å². The van der Waals surface area contributed by atoms with Crippen molar-refractivity contribution in [2.45, 2.75) is 13.0 Å². The minimum absolute atomic E-state index is 0.0422. The molecule has 0 spiro atoms. The average molecular weight is 148 g/mol. The molecule has 0 aliphatic heterocycles. The van der Waals surface area contributed by atoms with Crippen LogP contribution in [-0.2, 0) is 8.99 Å².